The molecule has 0 unspecified atom stereocenters. The van der Waals surface area contributed by atoms with Crippen LogP contribution < -0.4 is 10.2 Å². The average molecular weight is 377 g/mol. The molecule has 2 aromatic heterocycles. The lowest BCUT2D eigenvalue weighted by Gasteiger charge is -2.16. The summed E-state index contributed by atoms with van der Waals surface area (Å²) in [6.07, 6.45) is 3.41. The zero-order valence-corrected chi connectivity index (χ0v) is 17.1. The van der Waals surface area contributed by atoms with E-state index >= 15 is 0 Å². The Kier molecular flexibility index (Phi) is 5.78. The molecule has 1 amide bonds. The van der Waals surface area contributed by atoms with Crippen LogP contribution >= 0.6 is 0 Å². The number of nitrogens with one attached hydrogen (secondary N) is 1. The molecule has 0 atom stereocenters. The molecule has 146 valence electrons. The minimum atomic E-state index is -0.129. The molecular formula is C22H27N5O. The quantitative estimate of drug-likeness (QED) is 0.712. The Bertz CT molecular complexity index is 957. The van der Waals surface area contributed by atoms with E-state index in [4.69, 9.17) is 0 Å². The van der Waals surface area contributed by atoms with E-state index in [2.05, 4.69) is 36.2 Å². The summed E-state index contributed by atoms with van der Waals surface area (Å²) in [7, 11) is 3.88. The molecule has 3 rings (SSSR count). The highest BCUT2D eigenvalue weighted by Gasteiger charge is 2.21. The van der Waals surface area contributed by atoms with Crippen molar-refractivity contribution < 1.29 is 4.79 Å². The predicted octanol–water partition coefficient (Wildman–Crippen LogP) is 3.70. The van der Waals surface area contributed by atoms with E-state index in [1.807, 2.05) is 60.1 Å². The maximum absolute atomic E-state index is 12.9. The maximum atomic E-state index is 12.9. The first-order valence-corrected chi connectivity index (χ1v) is 9.43. The van der Waals surface area contributed by atoms with Crippen LogP contribution in [0.15, 0.2) is 48.8 Å². The number of carbonyl (C=O) groups excluding carboxylic acids is 1. The molecule has 0 aliphatic rings. The van der Waals surface area contributed by atoms with Crippen LogP contribution in [0, 0.1) is 6.92 Å². The Balaban J connectivity index is 1.85. The van der Waals surface area contributed by atoms with Crippen molar-refractivity contribution in [3.05, 3.63) is 71.2 Å². The van der Waals surface area contributed by atoms with Gasteiger partial charge in [-0.25, -0.2) is 9.67 Å². The number of carbonyl (C=O) groups is 1. The lowest BCUT2D eigenvalue weighted by molar-refractivity contribution is 0.0949. The van der Waals surface area contributed by atoms with Crippen molar-refractivity contribution >= 4 is 11.7 Å². The Morgan fingerprint density at radius 1 is 1.18 bits per heavy atom. The van der Waals surface area contributed by atoms with Gasteiger partial charge < -0.3 is 10.2 Å². The minimum Gasteiger partial charge on any atom is -0.362 e. The predicted molar refractivity (Wildman–Crippen MR) is 112 cm³/mol. The first-order valence-electron chi connectivity index (χ1n) is 9.43. The number of nitrogens with zero attached hydrogens (tertiary/aromatic N) is 4. The van der Waals surface area contributed by atoms with Crippen LogP contribution in [0.1, 0.15) is 46.9 Å². The second-order valence-electron chi connectivity index (χ2n) is 7.41. The number of rotatable bonds is 6. The largest absolute Gasteiger partial charge is 0.362 e. The summed E-state index contributed by atoms with van der Waals surface area (Å²) in [5.74, 6) is 0.873. The lowest BCUT2D eigenvalue weighted by Crippen LogP contribution is -2.25. The minimum absolute atomic E-state index is 0.129. The van der Waals surface area contributed by atoms with Crippen molar-refractivity contribution in [3.8, 4) is 5.69 Å². The molecule has 0 aliphatic carbocycles. The Labute approximate surface area is 166 Å². The summed E-state index contributed by atoms with van der Waals surface area (Å²) in [6.45, 7) is 6.61. The van der Waals surface area contributed by atoms with Gasteiger partial charge >= 0.3 is 0 Å². The third-order valence-corrected chi connectivity index (χ3v) is 4.61. The number of pyridine rings is 1. The van der Waals surface area contributed by atoms with Crippen molar-refractivity contribution in [3.63, 3.8) is 0 Å². The number of anilines is 1. The van der Waals surface area contributed by atoms with E-state index < -0.39 is 0 Å². The van der Waals surface area contributed by atoms with Gasteiger partial charge in [-0.2, -0.15) is 5.10 Å². The van der Waals surface area contributed by atoms with Crippen LogP contribution in [0.25, 0.3) is 5.69 Å². The van der Waals surface area contributed by atoms with Crippen LogP contribution in [0.4, 0.5) is 5.82 Å². The molecular weight excluding hydrogens is 350 g/mol. The number of aryl methyl sites for hydroxylation is 1. The van der Waals surface area contributed by atoms with Gasteiger partial charge in [0.1, 0.15) is 5.82 Å². The van der Waals surface area contributed by atoms with Gasteiger partial charge in [-0.15, -0.1) is 0 Å². The normalized spacial score (nSPS) is 10.9. The molecule has 6 heteroatoms. The molecule has 0 spiro atoms. The number of benzene rings is 1. The fraction of sp³-hybridized carbons (Fsp3) is 0.318. The van der Waals surface area contributed by atoms with Crippen LogP contribution in [0.2, 0.25) is 0 Å². The highest BCUT2D eigenvalue weighted by molar-refractivity contribution is 5.95. The second-order valence-corrected chi connectivity index (χ2v) is 7.41. The van der Waals surface area contributed by atoms with E-state index in [9.17, 15) is 4.79 Å². The number of hydrogen-bond acceptors (Lipinski definition) is 4. The first-order chi connectivity index (χ1) is 13.4. The molecule has 0 aliphatic heterocycles. The first kappa shape index (κ1) is 19.6. The molecule has 0 saturated heterocycles. The van der Waals surface area contributed by atoms with E-state index in [-0.39, 0.29) is 11.8 Å². The SMILES string of the molecule is Cc1ccc(-n2ncc(C(=O)NCc3cccnc3N(C)C)c2C(C)C)cc1. The molecule has 3 aromatic rings. The van der Waals surface area contributed by atoms with Gasteiger partial charge in [-0.3, -0.25) is 4.79 Å². The summed E-state index contributed by atoms with van der Waals surface area (Å²) in [6, 6.07) is 12.0. The van der Waals surface area contributed by atoms with E-state index in [0.717, 1.165) is 22.8 Å². The van der Waals surface area contributed by atoms with Gasteiger partial charge in [0.2, 0.25) is 0 Å². The van der Waals surface area contributed by atoms with Gasteiger partial charge in [0.05, 0.1) is 23.1 Å². The van der Waals surface area contributed by atoms with Gasteiger partial charge in [-0.1, -0.05) is 37.6 Å². The average Bonchev–Trinajstić information content (AvgIpc) is 3.12. The van der Waals surface area contributed by atoms with Gasteiger partial charge in [0.15, 0.2) is 0 Å². The summed E-state index contributed by atoms with van der Waals surface area (Å²) in [5.41, 5.74) is 4.62. The molecule has 0 fully saturated rings. The second kappa shape index (κ2) is 8.25. The summed E-state index contributed by atoms with van der Waals surface area (Å²) in [5, 5.41) is 7.52. The summed E-state index contributed by atoms with van der Waals surface area (Å²) < 4.78 is 1.86. The van der Waals surface area contributed by atoms with Gasteiger partial charge in [0.25, 0.3) is 5.91 Å². The van der Waals surface area contributed by atoms with Crippen LogP contribution in [0.5, 0.6) is 0 Å². The van der Waals surface area contributed by atoms with E-state index in [0.29, 0.717) is 12.1 Å². The summed E-state index contributed by atoms with van der Waals surface area (Å²) in [4.78, 5) is 19.2. The number of hydrogen-bond donors (Lipinski definition) is 1. The van der Waals surface area contributed by atoms with E-state index in [1.165, 1.54) is 5.56 Å². The van der Waals surface area contributed by atoms with Crippen LogP contribution in [0.3, 0.4) is 0 Å². The summed E-state index contributed by atoms with van der Waals surface area (Å²) >= 11 is 0. The molecule has 0 saturated carbocycles. The number of aromatic nitrogens is 3. The Morgan fingerprint density at radius 2 is 1.89 bits per heavy atom. The van der Waals surface area contributed by atoms with Crippen LogP contribution in [-0.4, -0.2) is 34.8 Å². The highest BCUT2D eigenvalue weighted by atomic mass is 16.1. The molecule has 6 nitrogen and oxygen atoms in total. The molecule has 1 aromatic carbocycles. The molecule has 0 radical (unpaired) electrons. The Hall–Kier alpha value is -3.15. The number of amides is 1. The van der Waals surface area contributed by atoms with Gasteiger partial charge in [0, 0.05) is 32.4 Å². The standard InChI is InChI=1S/C22H27N5O/c1-15(2)20-19(14-25-27(20)18-10-8-16(3)9-11-18)22(28)24-13-17-7-6-12-23-21(17)26(4)5/h6-12,14-15H,13H2,1-5H3,(H,24,28). The van der Waals surface area contributed by atoms with Gasteiger partial charge in [-0.05, 0) is 31.0 Å². The smallest absolute Gasteiger partial charge is 0.255 e. The van der Waals surface area contributed by atoms with Crippen molar-refractivity contribution in [2.75, 3.05) is 19.0 Å². The zero-order chi connectivity index (χ0) is 20.3. The van der Waals surface area contributed by atoms with E-state index in [1.54, 1.807) is 12.4 Å². The fourth-order valence-electron chi connectivity index (χ4n) is 3.22. The monoisotopic (exact) mass is 377 g/mol. The van der Waals surface area contributed by atoms with Crippen molar-refractivity contribution in [2.45, 2.75) is 33.2 Å². The molecule has 1 N–H and O–H groups in total. The molecule has 0 bridgehead atoms. The lowest BCUT2D eigenvalue weighted by atomic mass is 10.0. The maximum Gasteiger partial charge on any atom is 0.255 e. The zero-order valence-electron chi connectivity index (χ0n) is 17.1. The third-order valence-electron chi connectivity index (χ3n) is 4.61. The van der Waals surface area contributed by atoms with Crippen molar-refractivity contribution in [1.82, 2.24) is 20.1 Å². The molecule has 28 heavy (non-hydrogen) atoms. The van der Waals surface area contributed by atoms with Crippen LogP contribution in [-0.2, 0) is 6.54 Å². The Morgan fingerprint density at radius 3 is 2.54 bits per heavy atom. The molecule has 2 heterocycles. The van der Waals surface area contributed by atoms with Crippen molar-refractivity contribution in [2.24, 2.45) is 0 Å². The topological polar surface area (TPSA) is 63.1 Å². The van der Waals surface area contributed by atoms with Crippen molar-refractivity contribution in [1.29, 1.82) is 0 Å². The highest BCUT2D eigenvalue weighted by Crippen LogP contribution is 2.23. The third kappa shape index (κ3) is 4.06. The fourth-order valence-corrected chi connectivity index (χ4v) is 3.22.